The summed E-state index contributed by atoms with van der Waals surface area (Å²) in [5.41, 5.74) is 15.0. The third-order valence-corrected chi connectivity index (χ3v) is 11.9. The van der Waals surface area contributed by atoms with Crippen LogP contribution in [0.1, 0.15) is 0 Å². The van der Waals surface area contributed by atoms with Gasteiger partial charge in [-0.25, -0.2) is 15.0 Å². The van der Waals surface area contributed by atoms with E-state index in [0.717, 1.165) is 82.8 Å². The van der Waals surface area contributed by atoms with Crippen molar-refractivity contribution < 1.29 is 0 Å². The van der Waals surface area contributed by atoms with Crippen LogP contribution in [-0.2, 0) is 0 Å². The maximum Gasteiger partial charge on any atom is 0.162 e. The van der Waals surface area contributed by atoms with Gasteiger partial charge in [-0.3, -0.25) is 4.57 Å². The quantitative estimate of drug-likeness (QED) is 0.163. The zero-order valence-electron chi connectivity index (χ0n) is 31.3. The lowest BCUT2D eigenvalue weighted by molar-refractivity contribution is 1.11. The average molecular weight is 759 g/mol. The Morgan fingerprint density at radius 2 is 0.879 bits per heavy atom. The van der Waals surface area contributed by atoms with E-state index in [0.29, 0.717) is 5.82 Å². The van der Waals surface area contributed by atoms with Crippen LogP contribution in [0, 0.1) is 0 Å². The van der Waals surface area contributed by atoms with Crippen LogP contribution in [0.3, 0.4) is 0 Å². The van der Waals surface area contributed by atoms with E-state index in [-0.39, 0.29) is 0 Å². The molecule has 58 heavy (non-hydrogen) atoms. The Bertz CT molecular complexity index is 3260. The Hall–Kier alpha value is -7.47. The first kappa shape index (κ1) is 33.8. The minimum atomic E-state index is 0.685. The molecule has 0 fully saturated rings. The largest absolute Gasteiger partial charge is 0.294 e. The third-order valence-electron chi connectivity index (χ3n) is 10.8. The summed E-state index contributed by atoms with van der Waals surface area (Å²) in [6, 6.07) is 72.7. The Labute approximate surface area is 340 Å². The Morgan fingerprint density at radius 1 is 0.379 bits per heavy atom. The SMILES string of the molecule is c1ccc(-c2nc(-c3cccc(-c4cccc(-c5cccc(-c6cccc(-c7nc8ccccc8s7)c6)c5)c4)c3)nc3c2c2ccccc2n3-c2ccccc2)cc1. The summed E-state index contributed by atoms with van der Waals surface area (Å²) in [7, 11) is 0. The number of para-hydroxylation sites is 3. The molecule has 5 heteroatoms. The number of fused-ring (bicyclic) bond motifs is 4. The molecule has 0 radical (unpaired) electrons. The molecule has 0 saturated heterocycles. The number of hydrogen-bond acceptors (Lipinski definition) is 4. The predicted octanol–water partition coefficient (Wildman–Crippen LogP) is 14.2. The smallest absolute Gasteiger partial charge is 0.162 e. The van der Waals surface area contributed by atoms with Crippen LogP contribution in [0.25, 0.3) is 104 Å². The molecule has 11 rings (SSSR count). The molecule has 11 aromatic rings. The third kappa shape index (κ3) is 6.06. The van der Waals surface area contributed by atoms with Gasteiger partial charge in [0.15, 0.2) is 5.82 Å². The molecule has 3 heterocycles. The number of thiazole rings is 1. The van der Waals surface area contributed by atoms with Crippen LogP contribution < -0.4 is 0 Å². The number of nitrogens with zero attached hydrogens (tertiary/aromatic N) is 4. The van der Waals surface area contributed by atoms with E-state index in [1.165, 1.54) is 15.8 Å². The highest BCUT2D eigenvalue weighted by molar-refractivity contribution is 7.21. The van der Waals surface area contributed by atoms with Gasteiger partial charge < -0.3 is 0 Å². The first-order valence-corrected chi connectivity index (χ1v) is 20.2. The van der Waals surface area contributed by atoms with Crippen molar-refractivity contribution in [1.29, 1.82) is 0 Å². The van der Waals surface area contributed by atoms with Crippen molar-refractivity contribution in [3.05, 3.63) is 206 Å². The van der Waals surface area contributed by atoms with Gasteiger partial charge in [0.25, 0.3) is 0 Å². The maximum atomic E-state index is 5.37. The summed E-state index contributed by atoms with van der Waals surface area (Å²) in [4.78, 5) is 15.6. The molecule has 0 aliphatic carbocycles. The molecule has 4 nitrogen and oxygen atoms in total. The van der Waals surface area contributed by atoms with Crippen molar-refractivity contribution in [3.63, 3.8) is 0 Å². The molecular formula is C53H34N4S. The lowest BCUT2D eigenvalue weighted by Crippen LogP contribution is -1.99. The summed E-state index contributed by atoms with van der Waals surface area (Å²) in [6.07, 6.45) is 0. The van der Waals surface area contributed by atoms with Crippen LogP contribution in [0.2, 0.25) is 0 Å². The van der Waals surface area contributed by atoms with Gasteiger partial charge >= 0.3 is 0 Å². The monoisotopic (exact) mass is 758 g/mol. The van der Waals surface area contributed by atoms with Crippen LogP contribution in [-0.4, -0.2) is 19.5 Å². The Kier molecular flexibility index (Phi) is 8.30. The molecule has 0 amide bonds. The predicted molar refractivity (Wildman–Crippen MR) is 242 cm³/mol. The fraction of sp³-hybridized carbons (Fsp3) is 0. The number of aromatic nitrogens is 4. The summed E-state index contributed by atoms with van der Waals surface area (Å²) >= 11 is 1.73. The maximum absolute atomic E-state index is 5.37. The van der Waals surface area contributed by atoms with Gasteiger partial charge in [-0.15, -0.1) is 11.3 Å². The van der Waals surface area contributed by atoms with Gasteiger partial charge in [0.1, 0.15) is 10.7 Å². The molecule has 3 aromatic heterocycles. The Morgan fingerprint density at radius 3 is 1.53 bits per heavy atom. The molecule has 0 bridgehead atoms. The van der Waals surface area contributed by atoms with Gasteiger partial charge in [0, 0.05) is 27.8 Å². The summed E-state index contributed by atoms with van der Waals surface area (Å²) in [5.74, 6) is 0.685. The number of rotatable bonds is 7. The highest BCUT2D eigenvalue weighted by Gasteiger charge is 2.21. The van der Waals surface area contributed by atoms with Crippen molar-refractivity contribution in [2.75, 3.05) is 0 Å². The fourth-order valence-corrected chi connectivity index (χ4v) is 9.01. The van der Waals surface area contributed by atoms with Crippen LogP contribution >= 0.6 is 11.3 Å². The van der Waals surface area contributed by atoms with Gasteiger partial charge in [-0.2, -0.15) is 0 Å². The zero-order chi connectivity index (χ0) is 38.4. The van der Waals surface area contributed by atoms with E-state index in [1.54, 1.807) is 11.3 Å². The van der Waals surface area contributed by atoms with E-state index in [9.17, 15) is 0 Å². The normalized spacial score (nSPS) is 11.4. The molecular weight excluding hydrogens is 725 g/mol. The van der Waals surface area contributed by atoms with E-state index in [1.807, 2.05) is 12.1 Å². The molecule has 0 aliphatic heterocycles. The van der Waals surface area contributed by atoms with Crippen LogP contribution in [0.5, 0.6) is 0 Å². The minimum absolute atomic E-state index is 0.685. The van der Waals surface area contributed by atoms with Crippen molar-refractivity contribution >= 4 is 43.5 Å². The van der Waals surface area contributed by atoms with Crippen molar-refractivity contribution in [3.8, 4) is 72.3 Å². The molecule has 0 atom stereocenters. The molecule has 0 aliphatic rings. The first-order valence-electron chi connectivity index (χ1n) is 19.4. The van der Waals surface area contributed by atoms with Gasteiger partial charge in [0.05, 0.1) is 26.8 Å². The average Bonchev–Trinajstić information content (AvgIpc) is 3.89. The second kappa shape index (κ2) is 14.2. The van der Waals surface area contributed by atoms with E-state index in [2.05, 4.69) is 199 Å². The topological polar surface area (TPSA) is 43.6 Å². The van der Waals surface area contributed by atoms with Crippen LogP contribution in [0.4, 0.5) is 0 Å². The lowest BCUT2D eigenvalue weighted by atomic mass is 9.95. The van der Waals surface area contributed by atoms with E-state index in [4.69, 9.17) is 15.0 Å². The fourth-order valence-electron chi connectivity index (χ4n) is 8.05. The van der Waals surface area contributed by atoms with E-state index >= 15 is 0 Å². The lowest BCUT2D eigenvalue weighted by Gasteiger charge is -2.12. The van der Waals surface area contributed by atoms with Gasteiger partial charge in [-0.1, -0.05) is 152 Å². The van der Waals surface area contributed by atoms with E-state index < -0.39 is 0 Å². The molecule has 0 spiro atoms. The summed E-state index contributed by atoms with van der Waals surface area (Å²) in [5, 5.41) is 3.21. The van der Waals surface area contributed by atoms with Gasteiger partial charge in [-0.05, 0) is 88.0 Å². The Balaban J connectivity index is 0.984. The first-order chi connectivity index (χ1) is 28.7. The molecule has 272 valence electrons. The zero-order valence-corrected chi connectivity index (χ0v) is 32.1. The second-order valence-corrected chi connectivity index (χ2v) is 15.5. The molecule has 8 aromatic carbocycles. The highest BCUT2D eigenvalue weighted by Crippen LogP contribution is 2.39. The minimum Gasteiger partial charge on any atom is -0.294 e. The highest BCUT2D eigenvalue weighted by atomic mass is 32.1. The molecule has 0 unspecified atom stereocenters. The molecule has 0 saturated carbocycles. The van der Waals surface area contributed by atoms with Gasteiger partial charge in [0.2, 0.25) is 0 Å². The number of benzene rings is 8. The standard InChI is InChI=1S/C53H34N4S/c1-3-15-35(16-4-1)50-49-45-27-7-9-29-47(45)57(44-25-5-2-6-26-44)52(49)56-51(55-50)42-23-13-21-40(33-42)38-19-11-17-36(31-38)37-18-12-20-39(32-37)41-22-14-24-43(34-41)53-54-46-28-8-10-30-48(46)58-53/h1-34H. The molecule has 0 N–H and O–H groups in total. The second-order valence-electron chi connectivity index (χ2n) is 14.5. The summed E-state index contributed by atoms with van der Waals surface area (Å²) < 4.78 is 3.47. The number of hydrogen-bond donors (Lipinski definition) is 0. The van der Waals surface area contributed by atoms with Crippen molar-refractivity contribution in [2.24, 2.45) is 0 Å². The van der Waals surface area contributed by atoms with Crippen molar-refractivity contribution in [2.45, 2.75) is 0 Å². The van der Waals surface area contributed by atoms with Crippen molar-refractivity contribution in [1.82, 2.24) is 19.5 Å². The summed E-state index contributed by atoms with van der Waals surface area (Å²) in [6.45, 7) is 0. The van der Waals surface area contributed by atoms with Crippen LogP contribution in [0.15, 0.2) is 206 Å².